The minimum Gasteiger partial charge on any atom is -0.508 e. The second kappa shape index (κ2) is 4.05. The van der Waals surface area contributed by atoms with E-state index in [0.717, 1.165) is 11.2 Å². The number of hydrogen-bond donors (Lipinski definition) is 2. The summed E-state index contributed by atoms with van der Waals surface area (Å²) >= 11 is 0. The number of aromatic amines is 1. The van der Waals surface area contributed by atoms with Gasteiger partial charge in [0, 0.05) is 16.6 Å². The number of phenolic OH excluding ortho intramolecular Hbond substituents is 1. The Labute approximate surface area is 106 Å². The van der Waals surface area contributed by atoms with Gasteiger partial charge >= 0.3 is 5.97 Å². The number of hydrogen-bond acceptors (Lipinski definition) is 3. The summed E-state index contributed by atoms with van der Waals surface area (Å²) < 4.78 is 5.37. The fraction of sp³-hybridized carbons (Fsp3) is 0.357. The van der Waals surface area contributed by atoms with Crippen molar-refractivity contribution < 1.29 is 14.6 Å². The highest BCUT2D eigenvalue weighted by atomic mass is 16.6. The van der Waals surface area contributed by atoms with Crippen LogP contribution in [-0.2, 0) is 4.74 Å². The summed E-state index contributed by atoms with van der Waals surface area (Å²) in [5.41, 5.74) is 1.50. The number of rotatable bonds is 1. The van der Waals surface area contributed by atoms with Gasteiger partial charge in [0.05, 0.1) is 5.56 Å². The number of carbonyl (C=O) groups excluding carboxylic acids is 1. The van der Waals surface area contributed by atoms with Gasteiger partial charge < -0.3 is 14.8 Å². The van der Waals surface area contributed by atoms with Crippen LogP contribution in [0.1, 0.15) is 36.8 Å². The van der Waals surface area contributed by atoms with Crippen molar-refractivity contribution in [1.82, 2.24) is 4.98 Å². The zero-order chi connectivity index (χ0) is 13.5. The quantitative estimate of drug-likeness (QED) is 0.761. The van der Waals surface area contributed by atoms with Crippen LogP contribution in [0.3, 0.4) is 0 Å². The highest BCUT2D eigenvalue weighted by Gasteiger charge is 2.22. The average Bonchev–Trinajstić information content (AvgIpc) is 2.50. The first-order valence-electron chi connectivity index (χ1n) is 5.82. The lowest BCUT2D eigenvalue weighted by Gasteiger charge is -2.19. The van der Waals surface area contributed by atoms with Crippen molar-refractivity contribution >= 4 is 16.9 Å². The molecule has 1 aromatic carbocycles. The molecular weight excluding hydrogens is 230 g/mol. The molecule has 4 nitrogen and oxygen atoms in total. The van der Waals surface area contributed by atoms with Crippen LogP contribution in [0.25, 0.3) is 10.9 Å². The molecule has 0 unspecified atom stereocenters. The molecule has 2 aromatic rings. The van der Waals surface area contributed by atoms with Crippen molar-refractivity contribution in [3.63, 3.8) is 0 Å². The van der Waals surface area contributed by atoms with Gasteiger partial charge in [0.1, 0.15) is 11.4 Å². The first-order chi connectivity index (χ1) is 8.28. The van der Waals surface area contributed by atoms with E-state index in [4.69, 9.17) is 4.74 Å². The van der Waals surface area contributed by atoms with E-state index in [-0.39, 0.29) is 11.7 Å². The van der Waals surface area contributed by atoms with Crippen LogP contribution in [0.15, 0.2) is 18.2 Å². The van der Waals surface area contributed by atoms with E-state index in [1.54, 1.807) is 18.2 Å². The van der Waals surface area contributed by atoms with Crippen molar-refractivity contribution in [2.24, 2.45) is 0 Å². The molecule has 96 valence electrons. The maximum atomic E-state index is 12.1. The molecule has 0 aliphatic rings. The molecule has 0 saturated heterocycles. The van der Waals surface area contributed by atoms with Gasteiger partial charge in [-0.25, -0.2) is 4.79 Å². The summed E-state index contributed by atoms with van der Waals surface area (Å²) in [6, 6.07) is 4.89. The molecular formula is C14H17NO3. The van der Waals surface area contributed by atoms with Gasteiger partial charge in [-0.1, -0.05) is 0 Å². The first-order valence-corrected chi connectivity index (χ1v) is 5.82. The van der Waals surface area contributed by atoms with E-state index in [2.05, 4.69) is 4.98 Å². The highest BCUT2D eigenvalue weighted by molar-refractivity contribution is 6.06. The topological polar surface area (TPSA) is 62.3 Å². The zero-order valence-corrected chi connectivity index (χ0v) is 11.0. The molecule has 0 aliphatic heterocycles. The van der Waals surface area contributed by atoms with E-state index in [9.17, 15) is 9.90 Å². The molecule has 0 atom stereocenters. The molecule has 0 amide bonds. The van der Waals surface area contributed by atoms with Crippen LogP contribution in [0, 0.1) is 6.92 Å². The van der Waals surface area contributed by atoms with Crippen LogP contribution in [0.5, 0.6) is 5.75 Å². The molecule has 0 fully saturated rings. The van der Waals surface area contributed by atoms with Crippen molar-refractivity contribution in [2.45, 2.75) is 33.3 Å². The molecule has 18 heavy (non-hydrogen) atoms. The third-order valence-electron chi connectivity index (χ3n) is 2.57. The summed E-state index contributed by atoms with van der Waals surface area (Å²) in [5, 5.41) is 10.2. The number of aromatic nitrogens is 1. The predicted octanol–water partition coefficient (Wildman–Crippen LogP) is 3.14. The van der Waals surface area contributed by atoms with Gasteiger partial charge in [-0.3, -0.25) is 0 Å². The average molecular weight is 247 g/mol. The number of benzene rings is 1. The van der Waals surface area contributed by atoms with Crippen LogP contribution in [-0.4, -0.2) is 21.7 Å². The van der Waals surface area contributed by atoms with Gasteiger partial charge in [0.2, 0.25) is 0 Å². The minimum absolute atomic E-state index is 0.131. The van der Waals surface area contributed by atoms with E-state index in [1.807, 2.05) is 27.7 Å². The number of aromatic hydroxyl groups is 1. The second-order valence-electron chi connectivity index (χ2n) is 5.36. The maximum Gasteiger partial charge on any atom is 0.341 e. The number of ether oxygens (including phenoxy) is 1. The summed E-state index contributed by atoms with van der Waals surface area (Å²) in [7, 11) is 0. The zero-order valence-electron chi connectivity index (χ0n) is 11.0. The Bertz CT molecular complexity index is 605. The number of nitrogens with one attached hydrogen (secondary N) is 1. The van der Waals surface area contributed by atoms with Gasteiger partial charge in [0.25, 0.3) is 0 Å². The monoisotopic (exact) mass is 247 g/mol. The molecule has 0 spiro atoms. The smallest absolute Gasteiger partial charge is 0.341 e. The summed E-state index contributed by atoms with van der Waals surface area (Å²) in [5.74, 6) is -0.247. The van der Waals surface area contributed by atoms with Crippen molar-refractivity contribution in [2.75, 3.05) is 0 Å². The fourth-order valence-electron chi connectivity index (χ4n) is 1.91. The SMILES string of the molecule is Cc1[nH]c2ccc(O)cc2c1C(=O)OC(C)(C)C. The number of H-pyrrole nitrogens is 1. The van der Waals surface area contributed by atoms with Gasteiger partial charge in [-0.05, 0) is 45.9 Å². The second-order valence-corrected chi connectivity index (χ2v) is 5.36. The number of esters is 1. The summed E-state index contributed by atoms with van der Waals surface area (Å²) in [6.07, 6.45) is 0. The Morgan fingerprint density at radius 2 is 2.00 bits per heavy atom. The van der Waals surface area contributed by atoms with Crippen LogP contribution in [0.2, 0.25) is 0 Å². The number of aryl methyl sites for hydroxylation is 1. The number of carbonyl (C=O) groups is 1. The Morgan fingerprint density at radius 1 is 1.33 bits per heavy atom. The number of phenols is 1. The van der Waals surface area contributed by atoms with E-state index in [1.165, 1.54) is 0 Å². The summed E-state index contributed by atoms with van der Waals surface area (Å²) in [6.45, 7) is 7.29. The third-order valence-corrected chi connectivity index (χ3v) is 2.57. The Balaban J connectivity index is 2.53. The molecule has 0 bridgehead atoms. The Morgan fingerprint density at radius 3 is 2.61 bits per heavy atom. The molecule has 0 saturated carbocycles. The van der Waals surface area contributed by atoms with E-state index in [0.29, 0.717) is 10.9 Å². The molecule has 2 N–H and O–H groups in total. The summed E-state index contributed by atoms with van der Waals surface area (Å²) in [4.78, 5) is 15.3. The van der Waals surface area contributed by atoms with Crippen molar-refractivity contribution in [3.05, 3.63) is 29.5 Å². The molecule has 2 rings (SSSR count). The van der Waals surface area contributed by atoms with E-state index >= 15 is 0 Å². The van der Waals surface area contributed by atoms with Gasteiger partial charge in [0.15, 0.2) is 0 Å². The first kappa shape index (κ1) is 12.5. The van der Waals surface area contributed by atoms with Crippen LogP contribution < -0.4 is 0 Å². The molecule has 0 radical (unpaired) electrons. The molecule has 1 aromatic heterocycles. The van der Waals surface area contributed by atoms with Crippen LogP contribution in [0.4, 0.5) is 0 Å². The Hall–Kier alpha value is -1.97. The standard InChI is InChI=1S/C14H17NO3/c1-8-12(13(17)18-14(2,3)4)10-7-9(16)5-6-11(10)15-8/h5-7,15-16H,1-4H3. The van der Waals surface area contributed by atoms with Crippen molar-refractivity contribution in [1.29, 1.82) is 0 Å². The predicted molar refractivity (Wildman–Crippen MR) is 69.9 cm³/mol. The van der Waals surface area contributed by atoms with Crippen molar-refractivity contribution in [3.8, 4) is 5.75 Å². The molecule has 4 heteroatoms. The van der Waals surface area contributed by atoms with Gasteiger partial charge in [-0.2, -0.15) is 0 Å². The lowest BCUT2D eigenvalue weighted by molar-refractivity contribution is 0.00712. The number of fused-ring (bicyclic) bond motifs is 1. The lowest BCUT2D eigenvalue weighted by Crippen LogP contribution is -2.24. The lowest BCUT2D eigenvalue weighted by atomic mass is 10.1. The third kappa shape index (κ3) is 2.32. The highest BCUT2D eigenvalue weighted by Crippen LogP contribution is 2.27. The van der Waals surface area contributed by atoms with Crippen LogP contribution >= 0.6 is 0 Å². The maximum absolute atomic E-state index is 12.1. The fourth-order valence-corrected chi connectivity index (χ4v) is 1.91. The molecule has 1 heterocycles. The van der Waals surface area contributed by atoms with E-state index < -0.39 is 5.60 Å². The normalized spacial score (nSPS) is 11.8. The minimum atomic E-state index is -0.538. The Kier molecular flexibility index (Phi) is 2.81. The molecule has 0 aliphatic carbocycles. The largest absolute Gasteiger partial charge is 0.508 e. The van der Waals surface area contributed by atoms with Gasteiger partial charge in [-0.15, -0.1) is 0 Å².